The van der Waals surface area contributed by atoms with Crippen molar-refractivity contribution >= 4 is 17.5 Å². The topological polar surface area (TPSA) is 49.4 Å². The highest BCUT2D eigenvalue weighted by atomic mass is 16.2. The molecule has 0 radical (unpaired) electrons. The number of nitrogens with zero attached hydrogens (tertiary/aromatic N) is 1. The predicted molar refractivity (Wildman–Crippen MR) is 86.0 cm³/mol. The molecule has 0 fully saturated rings. The summed E-state index contributed by atoms with van der Waals surface area (Å²) in [6, 6.07) is 13.7. The summed E-state index contributed by atoms with van der Waals surface area (Å²) >= 11 is 0. The van der Waals surface area contributed by atoms with Crippen LogP contribution in [0.4, 0.5) is 5.69 Å². The zero-order valence-corrected chi connectivity index (χ0v) is 12.7. The van der Waals surface area contributed by atoms with Gasteiger partial charge in [-0.15, -0.1) is 0 Å². The minimum Gasteiger partial charge on any atom is -0.381 e. The maximum Gasteiger partial charge on any atom is 0.261 e. The van der Waals surface area contributed by atoms with Crippen molar-refractivity contribution < 1.29 is 9.59 Å². The molecule has 2 amide bonds. The zero-order chi connectivity index (χ0) is 15.7. The quantitative estimate of drug-likeness (QED) is 0.882. The maximum absolute atomic E-state index is 12.0. The van der Waals surface area contributed by atoms with Gasteiger partial charge in [-0.05, 0) is 35.7 Å². The van der Waals surface area contributed by atoms with Gasteiger partial charge in [0.25, 0.3) is 11.8 Å². The second kappa shape index (κ2) is 5.64. The molecule has 2 aromatic rings. The van der Waals surface area contributed by atoms with Gasteiger partial charge in [0.15, 0.2) is 0 Å². The molecule has 3 rings (SSSR count). The summed E-state index contributed by atoms with van der Waals surface area (Å²) in [5, 5.41) is 3.30. The lowest BCUT2D eigenvalue weighted by Gasteiger charge is -2.08. The molecular weight excluding hydrogens is 276 g/mol. The van der Waals surface area contributed by atoms with Crippen LogP contribution < -0.4 is 5.32 Å². The van der Waals surface area contributed by atoms with Crippen LogP contribution in [0.2, 0.25) is 0 Å². The van der Waals surface area contributed by atoms with Gasteiger partial charge in [-0.25, -0.2) is 0 Å². The Bertz CT molecular complexity index is 735. The van der Waals surface area contributed by atoms with Crippen LogP contribution in [0.15, 0.2) is 42.5 Å². The van der Waals surface area contributed by atoms with Crippen molar-refractivity contribution in [3.63, 3.8) is 0 Å². The molecule has 0 bridgehead atoms. The van der Waals surface area contributed by atoms with Gasteiger partial charge in [0, 0.05) is 19.3 Å². The van der Waals surface area contributed by atoms with E-state index < -0.39 is 0 Å². The number of rotatable bonds is 4. The maximum atomic E-state index is 12.0. The second-order valence-corrected chi connectivity index (χ2v) is 5.45. The van der Waals surface area contributed by atoms with E-state index in [-0.39, 0.29) is 11.8 Å². The number of hydrogen-bond acceptors (Lipinski definition) is 3. The average molecular weight is 294 g/mol. The van der Waals surface area contributed by atoms with Gasteiger partial charge in [-0.2, -0.15) is 0 Å². The van der Waals surface area contributed by atoms with E-state index in [2.05, 4.69) is 36.5 Å². The Kier molecular flexibility index (Phi) is 3.67. The molecule has 2 aromatic carbocycles. The van der Waals surface area contributed by atoms with E-state index in [9.17, 15) is 9.59 Å². The summed E-state index contributed by atoms with van der Waals surface area (Å²) in [4.78, 5) is 25.0. The third-order valence-corrected chi connectivity index (χ3v) is 4.02. The minimum absolute atomic E-state index is 0.235. The van der Waals surface area contributed by atoms with Crippen molar-refractivity contribution in [1.82, 2.24) is 4.90 Å². The van der Waals surface area contributed by atoms with Gasteiger partial charge >= 0.3 is 0 Å². The van der Waals surface area contributed by atoms with E-state index in [1.807, 2.05) is 6.07 Å². The number of aryl methyl sites for hydroxylation is 1. The van der Waals surface area contributed by atoms with Gasteiger partial charge in [0.2, 0.25) is 0 Å². The molecule has 0 saturated heterocycles. The summed E-state index contributed by atoms with van der Waals surface area (Å²) in [5.41, 5.74) is 4.28. The molecule has 0 unspecified atom stereocenters. The van der Waals surface area contributed by atoms with E-state index in [4.69, 9.17) is 0 Å². The summed E-state index contributed by atoms with van der Waals surface area (Å²) < 4.78 is 0. The van der Waals surface area contributed by atoms with Crippen molar-refractivity contribution in [3.8, 4) is 0 Å². The Hall–Kier alpha value is -2.62. The Balaban J connectivity index is 1.74. The number of carbonyl (C=O) groups is 2. The van der Waals surface area contributed by atoms with Gasteiger partial charge in [-0.3, -0.25) is 14.5 Å². The summed E-state index contributed by atoms with van der Waals surface area (Å²) in [5.74, 6) is -0.474. The van der Waals surface area contributed by atoms with E-state index in [0.717, 1.165) is 17.0 Å². The van der Waals surface area contributed by atoms with Crippen LogP contribution in [0, 0.1) is 0 Å². The molecular formula is C18H18N2O2. The largest absolute Gasteiger partial charge is 0.381 e. The van der Waals surface area contributed by atoms with Crippen LogP contribution in [-0.4, -0.2) is 23.8 Å². The van der Waals surface area contributed by atoms with Crippen LogP contribution in [0.25, 0.3) is 0 Å². The Morgan fingerprint density at radius 1 is 0.909 bits per heavy atom. The van der Waals surface area contributed by atoms with Crippen molar-refractivity contribution in [3.05, 3.63) is 64.7 Å². The normalized spacial score (nSPS) is 13.5. The first-order valence-electron chi connectivity index (χ1n) is 7.38. The van der Waals surface area contributed by atoms with Crippen LogP contribution >= 0.6 is 0 Å². The van der Waals surface area contributed by atoms with Crippen molar-refractivity contribution in [1.29, 1.82) is 0 Å². The molecule has 0 atom stereocenters. The SMILES string of the molecule is CCc1ccc(CNc2ccc3c(c2)C(=O)N(C)C3=O)cc1. The molecule has 22 heavy (non-hydrogen) atoms. The first-order valence-corrected chi connectivity index (χ1v) is 7.38. The fraction of sp³-hybridized carbons (Fsp3) is 0.222. The highest BCUT2D eigenvalue weighted by Gasteiger charge is 2.32. The predicted octanol–water partition coefficient (Wildman–Crippen LogP) is 3.09. The lowest BCUT2D eigenvalue weighted by molar-refractivity contribution is 0.0693. The highest BCUT2D eigenvalue weighted by molar-refractivity contribution is 6.21. The van der Waals surface area contributed by atoms with Crippen LogP contribution in [0.1, 0.15) is 38.8 Å². The number of amides is 2. The second-order valence-electron chi connectivity index (χ2n) is 5.45. The summed E-state index contributed by atoms with van der Waals surface area (Å²) in [6.45, 7) is 2.81. The number of anilines is 1. The third kappa shape index (κ3) is 2.48. The molecule has 1 heterocycles. The molecule has 0 saturated carbocycles. The number of nitrogens with one attached hydrogen (secondary N) is 1. The lowest BCUT2D eigenvalue weighted by Crippen LogP contribution is -2.24. The van der Waals surface area contributed by atoms with Gasteiger partial charge in [0.1, 0.15) is 0 Å². The molecule has 1 N–H and O–H groups in total. The standard InChI is InChI=1S/C18H18N2O2/c1-3-12-4-6-13(7-5-12)11-19-14-8-9-15-16(10-14)18(22)20(2)17(15)21/h4-10,19H,3,11H2,1-2H3. The summed E-state index contributed by atoms with van der Waals surface area (Å²) in [7, 11) is 1.51. The van der Waals surface area contributed by atoms with Gasteiger partial charge < -0.3 is 5.32 Å². The minimum atomic E-state index is -0.240. The lowest BCUT2D eigenvalue weighted by atomic mass is 10.1. The third-order valence-electron chi connectivity index (χ3n) is 4.02. The molecule has 0 aromatic heterocycles. The first-order chi connectivity index (χ1) is 10.6. The zero-order valence-electron chi connectivity index (χ0n) is 12.7. The van der Waals surface area contributed by atoms with Crippen LogP contribution in [0.5, 0.6) is 0 Å². The smallest absolute Gasteiger partial charge is 0.261 e. The number of fused-ring (bicyclic) bond motifs is 1. The molecule has 0 aliphatic carbocycles. The number of hydrogen-bond donors (Lipinski definition) is 1. The van der Waals surface area contributed by atoms with E-state index in [1.165, 1.54) is 18.2 Å². The Morgan fingerprint density at radius 2 is 1.55 bits per heavy atom. The molecule has 1 aliphatic heterocycles. The number of imide groups is 1. The molecule has 112 valence electrons. The molecule has 1 aliphatic rings. The van der Waals surface area contributed by atoms with Crippen molar-refractivity contribution in [2.45, 2.75) is 19.9 Å². The van der Waals surface area contributed by atoms with Crippen LogP contribution in [-0.2, 0) is 13.0 Å². The fourth-order valence-corrected chi connectivity index (χ4v) is 2.57. The van der Waals surface area contributed by atoms with E-state index in [1.54, 1.807) is 12.1 Å². The van der Waals surface area contributed by atoms with E-state index >= 15 is 0 Å². The van der Waals surface area contributed by atoms with Crippen molar-refractivity contribution in [2.24, 2.45) is 0 Å². The van der Waals surface area contributed by atoms with Gasteiger partial charge in [0.05, 0.1) is 11.1 Å². The van der Waals surface area contributed by atoms with E-state index in [0.29, 0.717) is 17.7 Å². The Morgan fingerprint density at radius 3 is 2.23 bits per heavy atom. The molecule has 0 spiro atoms. The highest BCUT2D eigenvalue weighted by Crippen LogP contribution is 2.25. The number of carbonyl (C=O) groups excluding carboxylic acids is 2. The average Bonchev–Trinajstić information content (AvgIpc) is 2.78. The number of benzene rings is 2. The van der Waals surface area contributed by atoms with Gasteiger partial charge in [-0.1, -0.05) is 31.2 Å². The van der Waals surface area contributed by atoms with Crippen LogP contribution in [0.3, 0.4) is 0 Å². The van der Waals surface area contributed by atoms with Crippen molar-refractivity contribution in [2.75, 3.05) is 12.4 Å². The molecule has 4 heteroatoms. The molecule has 4 nitrogen and oxygen atoms in total. The fourth-order valence-electron chi connectivity index (χ4n) is 2.57. The monoisotopic (exact) mass is 294 g/mol. The first kappa shape index (κ1) is 14.3. The summed E-state index contributed by atoms with van der Waals surface area (Å²) in [6.07, 6.45) is 1.03. The Labute approximate surface area is 129 Å².